The van der Waals surface area contributed by atoms with Gasteiger partial charge in [0.1, 0.15) is 0 Å². The number of benzene rings is 1. The topological polar surface area (TPSA) is 93.5 Å². The predicted octanol–water partition coefficient (Wildman–Crippen LogP) is 3.40. The second-order valence-electron chi connectivity index (χ2n) is 4.18. The fraction of sp³-hybridized carbons (Fsp3) is 0.500. The molecule has 0 spiro atoms. The molecule has 0 aliphatic carbocycles. The monoisotopic (exact) mass is 293 g/mol. The van der Waals surface area contributed by atoms with E-state index in [9.17, 15) is 4.79 Å². The first-order valence-electron chi connectivity index (χ1n) is 6.58. The quantitative estimate of drug-likeness (QED) is 0.318. The minimum atomic E-state index is -0.459. The molecule has 21 heavy (non-hydrogen) atoms. The molecule has 0 saturated heterocycles. The molecule has 0 heterocycles. The van der Waals surface area contributed by atoms with Crippen LogP contribution < -0.4 is 9.47 Å². The van der Waals surface area contributed by atoms with Crippen LogP contribution in [0.1, 0.15) is 31.4 Å². The number of carbonyl (C=O) groups excluding carboxylic acids is 1. The number of methoxy groups -OCH3 is 2. The van der Waals surface area contributed by atoms with Crippen LogP contribution in [0.25, 0.3) is 10.4 Å². The Labute approximate surface area is 123 Å². The molecule has 1 rings (SSSR count). The summed E-state index contributed by atoms with van der Waals surface area (Å²) in [5, 5.41) is 3.73. The van der Waals surface area contributed by atoms with E-state index in [1.807, 2.05) is 0 Å². The van der Waals surface area contributed by atoms with Crippen LogP contribution in [0, 0.1) is 0 Å². The normalized spacial score (nSPS) is 11.2. The SMILES string of the molecule is CCOC(=O)CCC(N=[N+]=[N-])c1ccc(OC)c(OC)c1. The number of azide groups is 1. The Kier molecular flexibility index (Phi) is 6.91. The molecular formula is C14H19N3O4. The summed E-state index contributed by atoms with van der Waals surface area (Å²) in [6.07, 6.45) is 0.560. The van der Waals surface area contributed by atoms with Crippen LogP contribution in [-0.4, -0.2) is 26.8 Å². The fourth-order valence-corrected chi connectivity index (χ4v) is 1.90. The van der Waals surface area contributed by atoms with Crippen molar-refractivity contribution in [2.45, 2.75) is 25.8 Å². The zero-order valence-corrected chi connectivity index (χ0v) is 12.4. The molecule has 7 heteroatoms. The van der Waals surface area contributed by atoms with Crippen molar-refractivity contribution in [3.63, 3.8) is 0 Å². The highest BCUT2D eigenvalue weighted by Gasteiger charge is 2.15. The average Bonchev–Trinajstić information content (AvgIpc) is 2.51. The molecule has 1 aromatic carbocycles. The molecule has 1 atom stereocenters. The smallest absolute Gasteiger partial charge is 0.305 e. The average molecular weight is 293 g/mol. The maximum absolute atomic E-state index is 11.4. The van der Waals surface area contributed by atoms with Crippen molar-refractivity contribution in [1.82, 2.24) is 0 Å². The van der Waals surface area contributed by atoms with Gasteiger partial charge in [-0.2, -0.15) is 0 Å². The maximum atomic E-state index is 11.4. The molecule has 0 aliphatic heterocycles. The second-order valence-corrected chi connectivity index (χ2v) is 4.18. The Morgan fingerprint density at radius 2 is 2.05 bits per heavy atom. The number of nitrogens with zero attached hydrogens (tertiary/aromatic N) is 3. The molecule has 0 fully saturated rings. The number of rotatable bonds is 8. The molecule has 0 amide bonds. The summed E-state index contributed by atoms with van der Waals surface area (Å²) in [4.78, 5) is 14.2. The van der Waals surface area contributed by atoms with E-state index in [0.29, 0.717) is 24.5 Å². The molecular weight excluding hydrogens is 274 g/mol. The largest absolute Gasteiger partial charge is 0.493 e. The summed E-state index contributed by atoms with van der Waals surface area (Å²) in [5.41, 5.74) is 9.44. The first-order chi connectivity index (χ1) is 10.2. The zero-order valence-electron chi connectivity index (χ0n) is 12.4. The summed E-state index contributed by atoms with van der Waals surface area (Å²) >= 11 is 0. The molecule has 7 nitrogen and oxygen atoms in total. The standard InChI is InChI=1S/C14H19N3O4/c1-4-21-14(18)8-6-11(16-17-15)10-5-7-12(19-2)13(9-10)20-3/h5,7,9,11H,4,6,8H2,1-3H3. The van der Waals surface area contributed by atoms with Crippen LogP contribution in [0.5, 0.6) is 11.5 Å². The lowest BCUT2D eigenvalue weighted by Gasteiger charge is -2.14. The van der Waals surface area contributed by atoms with Crippen molar-refractivity contribution >= 4 is 5.97 Å². The summed E-state index contributed by atoms with van der Waals surface area (Å²) in [6.45, 7) is 2.08. The van der Waals surface area contributed by atoms with Gasteiger partial charge in [0.05, 0.1) is 26.9 Å². The van der Waals surface area contributed by atoms with Crippen molar-refractivity contribution in [3.8, 4) is 11.5 Å². The minimum absolute atomic E-state index is 0.186. The zero-order chi connectivity index (χ0) is 15.7. The molecule has 114 valence electrons. The molecule has 1 aromatic rings. The molecule has 0 aliphatic rings. The van der Waals surface area contributed by atoms with Gasteiger partial charge in [0, 0.05) is 11.3 Å². The number of hydrogen-bond acceptors (Lipinski definition) is 5. The number of hydrogen-bond donors (Lipinski definition) is 0. The lowest BCUT2D eigenvalue weighted by Crippen LogP contribution is -2.06. The highest BCUT2D eigenvalue weighted by Crippen LogP contribution is 2.32. The molecule has 0 saturated carbocycles. The van der Waals surface area contributed by atoms with E-state index in [4.69, 9.17) is 19.7 Å². The molecule has 0 N–H and O–H groups in total. The highest BCUT2D eigenvalue weighted by atomic mass is 16.5. The molecule has 0 radical (unpaired) electrons. The number of carbonyl (C=O) groups is 1. The lowest BCUT2D eigenvalue weighted by molar-refractivity contribution is -0.143. The minimum Gasteiger partial charge on any atom is -0.493 e. The van der Waals surface area contributed by atoms with Gasteiger partial charge in [0.15, 0.2) is 11.5 Å². The van der Waals surface area contributed by atoms with Gasteiger partial charge in [0.25, 0.3) is 0 Å². The van der Waals surface area contributed by atoms with E-state index in [-0.39, 0.29) is 12.4 Å². The first-order valence-corrected chi connectivity index (χ1v) is 6.58. The fourth-order valence-electron chi connectivity index (χ4n) is 1.90. The number of ether oxygens (including phenoxy) is 3. The molecule has 0 aromatic heterocycles. The Balaban J connectivity index is 2.90. The Morgan fingerprint density at radius 1 is 1.33 bits per heavy atom. The van der Waals surface area contributed by atoms with Crippen LogP contribution in [-0.2, 0) is 9.53 Å². The summed E-state index contributed by atoms with van der Waals surface area (Å²) in [5.74, 6) is 0.826. The number of esters is 1. The van der Waals surface area contributed by atoms with Crippen LogP contribution in [0.3, 0.4) is 0 Å². The van der Waals surface area contributed by atoms with E-state index in [2.05, 4.69) is 10.0 Å². The van der Waals surface area contributed by atoms with Gasteiger partial charge in [-0.15, -0.1) is 0 Å². The van der Waals surface area contributed by atoms with E-state index in [0.717, 1.165) is 5.56 Å². The van der Waals surface area contributed by atoms with Crippen molar-refractivity contribution in [2.24, 2.45) is 5.11 Å². The Morgan fingerprint density at radius 3 is 2.62 bits per heavy atom. The molecule has 0 bridgehead atoms. The lowest BCUT2D eigenvalue weighted by atomic mass is 10.0. The van der Waals surface area contributed by atoms with E-state index >= 15 is 0 Å². The van der Waals surface area contributed by atoms with Gasteiger partial charge in [-0.25, -0.2) is 0 Å². The maximum Gasteiger partial charge on any atom is 0.305 e. The molecule has 1 unspecified atom stereocenters. The summed E-state index contributed by atoms with van der Waals surface area (Å²) in [6, 6.07) is 4.80. The van der Waals surface area contributed by atoms with Crippen LogP contribution in [0.4, 0.5) is 0 Å². The van der Waals surface area contributed by atoms with Crippen molar-refractivity contribution in [3.05, 3.63) is 34.2 Å². The van der Waals surface area contributed by atoms with Gasteiger partial charge in [0.2, 0.25) is 0 Å². The van der Waals surface area contributed by atoms with Gasteiger partial charge >= 0.3 is 5.97 Å². The van der Waals surface area contributed by atoms with Crippen molar-refractivity contribution < 1.29 is 19.0 Å². The third-order valence-electron chi connectivity index (χ3n) is 2.91. The third kappa shape index (κ3) is 4.89. The van der Waals surface area contributed by atoms with E-state index in [1.54, 1.807) is 32.2 Å². The highest BCUT2D eigenvalue weighted by molar-refractivity contribution is 5.69. The van der Waals surface area contributed by atoms with Gasteiger partial charge in [-0.3, -0.25) is 4.79 Å². The van der Waals surface area contributed by atoms with Crippen LogP contribution >= 0.6 is 0 Å². The van der Waals surface area contributed by atoms with Crippen molar-refractivity contribution in [1.29, 1.82) is 0 Å². The summed E-state index contributed by atoms with van der Waals surface area (Å²) in [7, 11) is 3.08. The second kappa shape index (κ2) is 8.71. The van der Waals surface area contributed by atoms with Gasteiger partial charge < -0.3 is 14.2 Å². The predicted molar refractivity (Wildman–Crippen MR) is 77.3 cm³/mol. The van der Waals surface area contributed by atoms with Gasteiger partial charge in [-0.1, -0.05) is 11.2 Å². The van der Waals surface area contributed by atoms with Crippen molar-refractivity contribution in [2.75, 3.05) is 20.8 Å². The van der Waals surface area contributed by atoms with Crippen LogP contribution in [0.15, 0.2) is 23.3 Å². The van der Waals surface area contributed by atoms with E-state index in [1.165, 1.54) is 7.11 Å². The third-order valence-corrected chi connectivity index (χ3v) is 2.91. The Hall–Kier alpha value is -2.40. The summed E-state index contributed by atoms with van der Waals surface area (Å²) < 4.78 is 15.2. The van der Waals surface area contributed by atoms with E-state index < -0.39 is 6.04 Å². The Bertz CT molecular complexity index is 527. The first kappa shape index (κ1) is 16.7. The van der Waals surface area contributed by atoms with Gasteiger partial charge in [-0.05, 0) is 36.6 Å². The van der Waals surface area contributed by atoms with Crippen LogP contribution in [0.2, 0.25) is 0 Å².